The molecule has 2 atom stereocenters. The maximum Gasteiger partial charge on any atom is 0.228 e. The summed E-state index contributed by atoms with van der Waals surface area (Å²) < 4.78 is 0. The van der Waals surface area contributed by atoms with Gasteiger partial charge in [0.15, 0.2) is 0 Å². The standard InChI is InChI=1S/C20H20N2O3/c23-19(17-3-1-2-4-18(17)20(24)25)22-16-7-5-14(6-8-16)13-15-9-11-21-12-10-15/h1-2,5-12,17-18H,3-4,13H2,(H,22,23)(H,24,25)/p-1/t17-,18+/m1/s1. The highest BCUT2D eigenvalue weighted by atomic mass is 16.4. The van der Waals surface area contributed by atoms with E-state index in [1.165, 1.54) is 0 Å². The number of hydrogen-bond acceptors (Lipinski definition) is 4. The van der Waals surface area contributed by atoms with Crippen molar-refractivity contribution in [2.45, 2.75) is 19.3 Å². The zero-order chi connectivity index (χ0) is 17.6. The molecule has 0 unspecified atom stereocenters. The van der Waals surface area contributed by atoms with Gasteiger partial charge in [0.1, 0.15) is 0 Å². The third-order valence-electron chi connectivity index (χ3n) is 4.45. The fraction of sp³-hybridized carbons (Fsp3) is 0.250. The monoisotopic (exact) mass is 335 g/mol. The molecule has 1 N–H and O–H groups in total. The molecule has 2 aromatic rings. The Labute approximate surface area is 146 Å². The number of hydrogen-bond donors (Lipinski definition) is 1. The van der Waals surface area contributed by atoms with Gasteiger partial charge in [-0.25, -0.2) is 0 Å². The number of pyridine rings is 1. The zero-order valence-corrected chi connectivity index (χ0v) is 13.7. The third kappa shape index (κ3) is 4.32. The van der Waals surface area contributed by atoms with Crippen LogP contribution in [0, 0.1) is 11.8 Å². The van der Waals surface area contributed by atoms with E-state index < -0.39 is 17.8 Å². The van der Waals surface area contributed by atoms with Crippen molar-refractivity contribution in [3.05, 3.63) is 72.1 Å². The van der Waals surface area contributed by atoms with Crippen LogP contribution in [0.1, 0.15) is 24.0 Å². The number of carbonyl (C=O) groups excluding carboxylic acids is 2. The number of nitrogens with one attached hydrogen (secondary N) is 1. The predicted octanol–water partition coefficient (Wildman–Crippen LogP) is 1.94. The molecule has 1 amide bonds. The predicted molar refractivity (Wildman–Crippen MR) is 92.5 cm³/mol. The van der Waals surface area contributed by atoms with Gasteiger partial charge in [-0.15, -0.1) is 0 Å². The van der Waals surface area contributed by atoms with E-state index in [1.54, 1.807) is 18.5 Å². The number of carboxylic acid groups (broad SMARTS) is 1. The van der Waals surface area contributed by atoms with E-state index in [-0.39, 0.29) is 5.91 Å². The van der Waals surface area contributed by atoms with Gasteiger partial charge < -0.3 is 15.2 Å². The largest absolute Gasteiger partial charge is 0.550 e. The highest BCUT2D eigenvalue weighted by molar-refractivity contribution is 5.95. The molecule has 0 bridgehead atoms. The molecule has 25 heavy (non-hydrogen) atoms. The average molecular weight is 335 g/mol. The molecule has 0 radical (unpaired) electrons. The van der Waals surface area contributed by atoms with Crippen LogP contribution in [0.5, 0.6) is 0 Å². The van der Waals surface area contributed by atoms with Crippen molar-refractivity contribution >= 4 is 17.6 Å². The average Bonchev–Trinajstić information content (AvgIpc) is 2.64. The van der Waals surface area contributed by atoms with Crippen molar-refractivity contribution in [2.75, 3.05) is 5.32 Å². The van der Waals surface area contributed by atoms with Crippen LogP contribution in [0.4, 0.5) is 5.69 Å². The van der Waals surface area contributed by atoms with E-state index >= 15 is 0 Å². The van der Waals surface area contributed by atoms with E-state index in [2.05, 4.69) is 10.3 Å². The summed E-state index contributed by atoms with van der Waals surface area (Å²) in [7, 11) is 0. The molecule has 0 saturated heterocycles. The number of aromatic nitrogens is 1. The van der Waals surface area contributed by atoms with Gasteiger partial charge in [0.05, 0.1) is 5.92 Å². The molecule has 0 aliphatic heterocycles. The van der Waals surface area contributed by atoms with Gasteiger partial charge in [-0.1, -0.05) is 24.3 Å². The molecule has 3 rings (SSSR count). The van der Waals surface area contributed by atoms with Crippen LogP contribution in [-0.4, -0.2) is 16.9 Å². The molecule has 0 spiro atoms. The van der Waals surface area contributed by atoms with Crippen molar-refractivity contribution in [2.24, 2.45) is 11.8 Å². The first-order chi connectivity index (χ1) is 12.1. The lowest BCUT2D eigenvalue weighted by molar-refractivity contribution is -0.313. The maximum atomic E-state index is 12.4. The Morgan fingerprint density at radius 2 is 1.56 bits per heavy atom. The Morgan fingerprint density at radius 3 is 2.20 bits per heavy atom. The number of aliphatic carboxylic acids is 1. The summed E-state index contributed by atoms with van der Waals surface area (Å²) in [4.78, 5) is 27.6. The van der Waals surface area contributed by atoms with E-state index in [1.807, 2.05) is 42.5 Å². The summed E-state index contributed by atoms with van der Waals surface area (Å²) in [5.74, 6) is -2.81. The fourth-order valence-corrected chi connectivity index (χ4v) is 3.04. The first kappa shape index (κ1) is 16.9. The van der Waals surface area contributed by atoms with E-state index in [4.69, 9.17) is 0 Å². The zero-order valence-electron chi connectivity index (χ0n) is 13.7. The molecule has 1 aromatic carbocycles. The second-order valence-corrected chi connectivity index (χ2v) is 6.19. The Bertz CT molecular complexity index is 769. The van der Waals surface area contributed by atoms with Crippen LogP contribution in [0.2, 0.25) is 0 Å². The Balaban J connectivity index is 1.63. The minimum absolute atomic E-state index is 0.277. The summed E-state index contributed by atoms with van der Waals surface area (Å²) in [6.07, 6.45) is 8.71. The van der Waals surface area contributed by atoms with E-state index in [9.17, 15) is 14.7 Å². The lowest BCUT2D eigenvalue weighted by atomic mass is 9.82. The number of allylic oxidation sites excluding steroid dienone is 2. The lowest BCUT2D eigenvalue weighted by Crippen LogP contribution is -2.41. The molecule has 0 fully saturated rings. The molecule has 1 heterocycles. The number of benzene rings is 1. The second kappa shape index (κ2) is 7.75. The molecule has 128 valence electrons. The normalized spacial score (nSPS) is 19.4. The molecule has 1 aromatic heterocycles. The van der Waals surface area contributed by atoms with Gasteiger partial charge >= 0.3 is 0 Å². The highest BCUT2D eigenvalue weighted by Gasteiger charge is 2.29. The third-order valence-corrected chi connectivity index (χ3v) is 4.45. The van der Waals surface area contributed by atoms with Gasteiger partial charge in [-0.3, -0.25) is 9.78 Å². The SMILES string of the molecule is O=C([O-])[C@H]1CC=CC[C@H]1C(=O)Nc1ccc(Cc2ccncc2)cc1. The summed E-state index contributed by atoms with van der Waals surface area (Å²) >= 11 is 0. The summed E-state index contributed by atoms with van der Waals surface area (Å²) in [6.45, 7) is 0. The van der Waals surface area contributed by atoms with Gasteiger partial charge in [-0.2, -0.15) is 0 Å². The maximum absolute atomic E-state index is 12.4. The minimum Gasteiger partial charge on any atom is -0.550 e. The minimum atomic E-state index is -1.17. The number of nitrogens with zero attached hydrogens (tertiary/aromatic N) is 1. The number of carbonyl (C=O) groups is 2. The van der Waals surface area contributed by atoms with Gasteiger partial charge in [0, 0.05) is 30.0 Å². The summed E-state index contributed by atoms with van der Waals surface area (Å²) in [5, 5.41) is 14.0. The number of carboxylic acids is 1. The molecule has 0 saturated carbocycles. The van der Waals surface area contributed by atoms with Crippen molar-refractivity contribution in [1.82, 2.24) is 4.98 Å². The Kier molecular flexibility index (Phi) is 5.23. The fourth-order valence-electron chi connectivity index (χ4n) is 3.04. The van der Waals surface area contributed by atoms with Crippen LogP contribution in [-0.2, 0) is 16.0 Å². The van der Waals surface area contributed by atoms with Gasteiger partial charge in [0.2, 0.25) is 5.91 Å². The van der Waals surface area contributed by atoms with Crippen LogP contribution >= 0.6 is 0 Å². The molecule has 1 aliphatic carbocycles. The van der Waals surface area contributed by atoms with Crippen molar-refractivity contribution < 1.29 is 14.7 Å². The van der Waals surface area contributed by atoms with E-state index in [0.717, 1.165) is 17.5 Å². The van der Waals surface area contributed by atoms with Crippen LogP contribution < -0.4 is 10.4 Å². The summed E-state index contributed by atoms with van der Waals surface area (Å²) in [6, 6.07) is 11.5. The van der Waals surface area contributed by atoms with E-state index in [0.29, 0.717) is 18.5 Å². The first-order valence-corrected chi connectivity index (χ1v) is 8.28. The molecule has 5 nitrogen and oxygen atoms in total. The number of amides is 1. The van der Waals surface area contributed by atoms with Crippen LogP contribution in [0.15, 0.2) is 60.9 Å². The van der Waals surface area contributed by atoms with Crippen molar-refractivity contribution in [3.8, 4) is 0 Å². The first-order valence-electron chi connectivity index (χ1n) is 8.28. The molecular weight excluding hydrogens is 316 g/mol. The topological polar surface area (TPSA) is 82.1 Å². The van der Waals surface area contributed by atoms with Crippen molar-refractivity contribution in [1.29, 1.82) is 0 Å². The highest BCUT2D eigenvalue weighted by Crippen LogP contribution is 2.26. The quantitative estimate of drug-likeness (QED) is 0.847. The molecule has 5 heteroatoms. The summed E-state index contributed by atoms with van der Waals surface area (Å²) in [5.41, 5.74) is 2.95. The number of rotatable bonds is 5. The lowest BCUT2D eigenvalue weighted by Gasteiger charge is -2.28. The van der Waals surface area contributed by atoms with Crippen LogP contribution in [0.3, 0.4) is 0 Å². The molecular formula is C20H19N2O3-. The van der Waals surface area contributed by atoms with Crippen LogP contribution in [0.25, 0.3) is 0 Å². The smallest absolute Gasteiger partial charge is 0.228 e. The molecule has 1 aliphatic rings. The Morgan fingerprint density at radius 1 is 0.960 bits per heavy atom. The number of anilines is 1. The Hall–Kier alpha value is -2.95. The second-order valence-electron chi connectivity index (χ2n) is 6.19. The van der Waals surface area contributed by atoms with Crippen molar-refractivity contribution in [3.63, 3.8) is 0 Å². The van der Waals surface area contributed by atoms with Gasteiger partial charge in [-0.05, 0) is 54.7 Å². The van der Waals surface area contributed by atoms with Gasteiger partial charge in [0.25, 0.3) is 0 Å².